The average molecular weight is 429 g/mol. The molecule has 0 saturated carbocycles. The van der Waals surface area contributed by atoms with Crippen molar-refractivity contribution >= 4 is 17.5 Å². The molecular formula is C23H33FN6O. The predicted octanol–water partition coefficient (Wildman–Crippen LogP) is 2.33. The molecule has 1 aromatic carbocycles. The summed E-state index contributed by atoms with van der Waals surface area (Å²) in [6, 6.07) is 6.47. The first-order chi connectivity index (χ1) is 14.8. The van der Waals surface area contributed by atoms with E-state index in [9.17, 15) is 9.50 Å². The van der Waals surface area contributed by atoms with E-state index in [1.165, 1.54) is 12.1 Å². The molecule has 0 amide bonds. The Morgan fingerprint density at radius 3 is 2.68 bits per heavy atom. The Bertz CT molecular complexity index is 861. The summed E-state index contributed by atoms with van der Waals surface area (Å²) >= 11 is 0. The van der Waals surface area contributed by atoms with Crippen LogP contribution in [0, 0.1) is 11.7 Å². The van der Waals surface area contributed by atoms with E-state index in [1.54, 1.807) is 12.1 Å². The second-order valence-electron chi connectivity index (χ2n) is 8.35. The fourth-order valence-electron chi connectivity index (χ4n) is 3.39. The lowest BCUT2D eigenvalue weighted by atomic mass is 10.1. The van der Waals surface area contributed by atoms with Gasteiger partial charge in [0.15, 0.2) is 0 Å². The number of nitrogens with one attached hydrogen (secondary N) is 2. The van der Waals surface area contributed by atoms with Crippen molar-refractivity contribution in [2.75, 3.05) is 38.1 Å². The van der Waals surface area contributed by atoms with Crippen LogP contribution in [0.25, 0.3) is 0 Å². The molecule has 2 heterocycles. The van der Waals surface area contributed by atoms with Crippen molar-refractivity contribution < 1.29 is 9.50 Å². The van der Waals surface area contributed by atoms with Gasteiger partial charge in [0.05, 0.1) is 13.1 Å². The first-order valence-corrected chi connectivity index (χ1v) is 10.7. The van der Waals surface area contributed by atoms with Gasteiger partial charge in [-0.2, -0.15) is 4.99 Å². The first kappa shape index (κ1) is 23.0. The smallest absolute Gasteiger partial charge is 0.219 e. The van der Waals surface area contributed by atoms with Crippen molar-refractivity contribution in [2.24, 2.45) is 15.9 Å². The summed E-state index contributed by atoms with van der Waals surface area (Å²) in [5, 5.41) is 17.2. The average Bonchev–Trinajstić information content (AvgIpc) is 2.73. The standard InChI is InChI=1S/C23H33FN6O/c1-16(2)27-23-26-13-17(3)22(28-23)30(20-7-5-19(24)6-8-20)15-21(31)25-14-18-9-11-29(4)12-10-18/h5-11,16-17,21,25,31H,12-15H2,1-4H3,(H,26,27). The number of benzene rings is 1. The summed E-state index contributed by atoms with van der Waals surface area (Å²) < 4.78 is 13.5. The number of rotatable bonds is 7. The molecule has 3 rings (SSSR count). The van der Waals surface area contributed by atoms with Crippen LogP contribution in [0.15, 0.2) is 58.2 Å². The van der Waals surface area contributed by atoms with Crippen LogP contribution >= 0.6 is 0 Å². The number of aliphatic imine (C=N–C) groups is 2. The number of hydrogen-bond acceptors (Lipinski definition) is 7. The Morgan fingerprint density at radius 1 is 1.29 bits per heavy atom. The van der Waals surface area contributed by atoms with Crippen molar-refractivity contribution in [2.45, 2.75) is 33.0 Å². The van der Waals surface area contributed by atoms with Gasteiger partial charge in [0.1, 0.15) is 17.9 Å². The van der Waals surface area contributed by atoms with E-state index < -0.39 is 6.23 Å². The fraction of sp³-hybridized carbons (Fsp3) is 0.478. The Morgan fingerprint density at radius 2 is 2.03 bits per heavy atom. The van der Waals surface area contributed by atoms with Gasteiger partial charge in [-0.05, 0) is 56.0 Å². The molecule has 2 atom stereocenters. The van der Waals surface area contributed by atoms with Gasteiger partial charge in [0, 0.05) is 37.8 Å². The van der Waals surface area contributed by atoms with Gasteiger partial charge in [-0.25, -0.2) is 4.39 Å². The normalized spacial score (nSPS) is 19.6. The van der Waals surface area contributed by atoms with E-state index in [1.807, 2.05) is 38.1 Å². The van der Waals surface area contributed by atoms with Crippen LogP contribution in [0.5, 0.6) is 0 Å². The maximum absolute atomic E-state index is 13.5. The lowest BCUT2D eigenvalue weighted by molar-refractivity contribution is 0.149. The van der Waals surface area contributed by atoms with Crippen LogP contribution in [0.3, 0.4) is 0 Å². The van der Waals surface area contributed by atoms with Crippen LogP contribution in [-0.4, -0.2) is 67.3 Å². The van der Waals surface area contributed by atoms with Gasteiger partial charge < -0.3 is 20.2 Å². The maximum Gasteiger partial charge on any atom is 0.219 e. The number of aliphatic hydroxyl groups excluding tert-OH is 1. The Labute approximate surface area is 184 Å². The topological polar surface area (TPSA) is 75.5 Å². The third-order valence-corrected chi connectivity index (χ3v) is 5.09. The molecule has 2 unspecified atom stereocenters. The summed E-state index contributed by atoms with van der Waals surface area (Å²) in [6.45, 7) is 8.41. The largest absolute Gasteiger partial charge is 0.377 e. The van der Waals surface area contributed by atoms with Gasteiger partial charge in [-0.15, -0.1) is 0 Å². The Hall–Kier alpha value is -2.71. The molecule has 0 aromatic heterocycles. The van der Waals surface area contributed by atoms with Crippen molar-refractivity contribution in [1.82, 2.24) is 15.5 Å². The number of amidine groups is 1. The highest BCUT2D eigenvalue weighted by Gasteiger charge is 2.26. The van der Waals surface area contributed by atoms with Gasteiger partial charge in [-0.1, -0.05) is 13.0 Å². The summed E-state index contributed by atoms with van der Waals surface area (Å²) in [4.78, 5) is 13.3. The van der Waals surface area contributed by atoms with Crippen molar-refractivity contribution in [3.63, 3.8) is 0 Å². The van der Waals surface area contributed by atoms with E-state index in [0.29, 0.717) is 19.0 Å². The number of guanidine groups is 1. The van der Waals surface area contributed by atoms with E-state index in [4.69, 9.17) is 4.99 Å². The predicted molar refractivity (Wildman–Crippen MR) is 125 cm³/mol. The molecule has 0 radical (unpaired) electrons. The Kier molecular flexibility index (Phi) is 7.81. The third-order valence-electron chi connectivity index (χ3n) is 5.09. The van der Waals surface area contributed by atoms with Crippen LogP contribution in [0.1, 0.15) is 20.8 Å². The number of anilines is 1. The quantitative estimate of drug-likeness (QED) is 0.581. The lowest BCUT2D eigenvalue weighted by Gasteiger charge is -2.33. The highest BCUT2D eigenvalue weighted by Crippen LogP contribution is 2.21. The number of likely N-dealkylation sites (N-methyl/N-ethyl adjacent to an activating group) is 1. The molecule has 3 N–H and O–H groups in total. The summed E-state index contributed by atoms with van der Waals surface area (Å²) in [5.74, 6) is 1.14. The molecule has 7 nitrogen and oxygen atoms in total. The summed E-state index contributed by atoms with van der Waals surface area (Å²) in [6.07, 6.45) is 5.39. The SMILES string of the molecule is CC(C)NC1=NCC(C)C(N(CC(O)NCC2=CCN(C)C=C2)c2ccc(F)cc2)=N1. The summed E-state index contributed by atoms with van der Waals surface area (Å²) in [5.41, 5.74) is 1.90. The molecule has 1 aromatic rings. The number of nitrogens with zero attached hydrogens (tertiary/aromatic N) is 4. The fourth-order valence-corrected chi connectivity index (χ4v) is 3.39. The van der Waals surface area contributed by atoms with Crippen molar-refractivity contribution in [3.05, 3.63) is 54.0 Å². The zero-order valence-electron chi connectivity index (χ0n) is 18.7. The second kappa shape index (κ2) is 10.5. The Balaban J connectivity index is 1.76. The van der Waals surface area contributed by atoms with Crippen LogP contribution in [0.2, 0.25) is 0 Å². The maximum atomic E-state index is 13.5. The number of hydrogen-bond donors (Lipinski definition) is 3. The monoisotopic (exact) mass is 428 g/mol. The highest BCUT2D eigenvalue weighted by atomic mass is 19.1. The molecule has 0 fully saturated rings. The molecule has 168 valence electrons. The van der Waals surface area contributed by atoms with Gasteiger partial charge in [0.2, 0.25) is 5.96 Å². The van der Waals surface area contributed by atoms with Gasteiger partial charge in [0.25, 0.3) is 0 Å². The molecule has 31 heavy (non-hydrogen) atoms. The molecule has 0 aliphatic carbocycles. The molecular weight excluding hydrogens is 395 g/mol. The highest BCUT2D eigenvalue weighted by molar-refractivity contribution is 6.07. The minimum Gasteiger partial charge on any atom is -0.377 e. The zero-order valence-corrected chi connectivity index (χ0v) is 18.7. The zero-order chi connectivity index (χ0) is 22.4. The minimum absolute atomic E-state index is 0.0643. The second-order valence-corrected chi connectivity index (χ2v) is 8.35. The van der Waals surface area contributed by atoms with Gasteiger partial charge >= 0.3 is 0 Å². The van der Waals surface area contributed by atoms with Crippen LogP contribution in [-0.2, 0) is 0 Å². The molecule has 8 heteroatoms. The van der Waals surface area contributed by atoms with E-state index >= 15 is 0 Å². The van der Waals surface area contributed by atoms with Crippen LogP contribution < -0.4 is 15.5 Å². The summed E-state index contributed by atoms with van der Waals surface area (Å²) in [7, 11) is 2.02. The lowest BCUT2D eigenvalue weighted by Crippen LogP contribution is -2.48. The van der Waals surface area contributed by atoms with Crippen LogP contribution in [0.4, 0.5) is 10.1 Å². The molecule has 2 aliphatic heterocycles. The van der Waals surface area contributed by atoms with Crippen molar-refractivity contribution in [3.8, 4) is 0 Å². The van der Waals surface area contributed by atoms with E-state index in [0.717, 1.165) is 23.6 Å². The number of halogens is 1. The minimum atomic E-state index is -0.797. The molecule has 2 aliphatic rings. The molecule has 0 spiro atoms. The first-order valence-electron chi connectivity index (χ1n) is 10.7. The molecule has 0 bridgehead atoms. The third kappa shape index (κ3) is 6.63. The van der Waals surface area contributed by atoms with E-state index in [-0.39, 0.29) is 24.3 Å². The molecule has 0 saturated heterocycles. The number of aliphatic hydroxyl groups is 1. The van der Waals surface area contributed by atoms with Gasteiger partial charge in [-0.3, -0.25) is 10.3 Å². The van der Waals surface area contributed by atoms with Crippen molar-refractivity contribution in [1.29, 1.82) is 0 Å². The van der Waals surface area contributed by atoms with E-state index in [2.05, 4.69) is 33.5 Å².